The van der Waals surface area contributed by atoms with Crippen molar-refractivity contribution in [2.24, 2.45) is 0 Å². The Bertz CT molecular complexity index is 1160. The number of thiophene rings is 1. The second-order valence-electron chi connectivity index (χ2n) is 8.19. The lowest BCUT2D eigenvalue weighted by Gasteiger charge is -2.32. The summed E-state index contributed by atoms with van der Waals surface area (Å²) in [6, 6.07) is 4.19. The summed E-state index contributed by atoms with van der Waals surface area (Å²) in [4.78, 5) is 31.0. The summed E-state index contributed by atoms with van der Waals surface area (Å²) in [7, 11) is 2.97. The summed E-state index contributed by atoms with van der Waals surface area (Å²) in [5.41, 5.74) is 0.464. The van der Waals surface area contributed by atoms with Crippen LogP contribution < -0.4 is 18.9 Å². The molecule has 3 aliphatic rings. The first-order chi connectivity index (χ1) is 17.0. The summed E-state index contributed by atoms with van der Waals surface area (Å²) >= 11 is 1.25. The number of hydrogen-bond acceptors (Lipinski definition) is 10. The van der Waals surface area contributed by atoms with Crippen LogP contribution in [0.2, 0.25) is 0 Å². The Kier molecular flexibility index (Phi) is 6.54. The molecule has 1 amide bonds. The summed E-state index contributed by atoms with van der Waals surface area (Å²) in [6.45, 7) is 3.56. The van der Waals surface area contributed by atoms with E-state index in [1.807, 2.05) is 0 Å². The van der Waals surface area contributed by atoms with Crippen LogP contribution >= 0.6 is 11.3 Å². The predicted octanol–water partition coefficient (Wildman–Crippen LogP) is 2.40. The molecule has 0 spiro atoms. The van der Waals surface area contributed by atoms with Gasteiger partial charge in [-0.05, 0) is 17.5 Å². The molecule has 1 fully saturated rings. The fraction of sp³-hybridized carbons (Fsp3) is 0.417. The topological polar surface area (TPSA) is 107 Å². The number of amides is 1. The third-order valence-electron chi connectivity index (χ3n) is 6.36. The lowest BCUT2D eigenvalue weighted by Crippen LogP contribution is -2.43. The molecule has 1 unspecified atom stereocenters. The molecular weight excluding hydrogens is 476 g/mol. The number of aliphatic hydroxyl groups is 1. The molecule has 0 bridgehead atoms. The average molecular weight is 503 g/mol. The van der Waals surface area contributed by atoms with Crippen molar-refractivity contribution in [1.82, 2.24) is 9.80 Å². The van der Waals surface area contributed by atoms with E-state index in [0.717, 1.165) is 13.1 Å². The lowest BCUT2D eigenvalue weighted by molar-refractivity contribution is -0.129. The Balaban J connectivity index is 1.60. The van der Waals surface area contributed by atoms with Crippen molar-refractivity contribution in [3.63, 3.8) is 0 Å². The van der Waals surface area contributed by atoms with Crippen LogP contribution in [0.4, 0.5) is 0 Å². The number of nitrogens with zero attached hydrogens (tertiary/aromatic N) is 2. The Morgan fingerprint density at radius 1 is 1.17 bits per heavy atom. The lowest BCUT2D eigenvalue weighted by atomic mass is 9.93. The minimum atomic E-state index is -0.906. The van der Waals surface area contributed by atoms with Gasteiger partial charge in [0.25, 0.3) is 5.91 Å². The molecule has 35 heavy (non-hydrogen) atoms. The Morgan fingerprint density at radius 2 is 1.94 bits per heavy atom. The molecule has 1 N–H and O–H groups in total. The van der Waals surface area contributed by atoms with Gasteiger partial charge in [0.05, 0.1) is 43.9 Å². The number of benzene rings is 1. The van der Waals surface area contributed by atoms with Crippen molar-refractivity contribution in [1.29, 1.82) is 0 Å². The molecule has 1 saturated heterocycles. The third-order valence-corrected chi connectivity index (χ3v) is 7.23. The minimum absolute atomic E-state index is 0.00125. The second kappa shape index (κ2) is 9.76. The molecule has 5 rings (SSSR count). The zero-order valence-electron chi connectivity index (χ0n) is 19.4. The maximum atomic E-state index is 13.5. The normalized spacial score (nSPS) is 20.0. The fourth-order valence-corrected chi connectivity index (χ4v) is 5.33. The molecule has 0 radical (unpaired) electrons. The second-order valence-corrected chi connectivity index (χ2v) is 9.14. The molecule has 1 aromatic heterocycles. The highest BCUT2D eigenvalue weighted by Gasteiger charge is 2.46. The standard InChI is InChI=1S/C24H26N2O8S/c1-30-15-12-14(21(31-2)23-22(15)33-13-34-23)18-17(19(27)16-4-3-11-35-16)20(28)24(29)26(18)6-5-25-7-9-32-10-8-25/h3-4,11-12,18,28H,5-10,13H2,1-2H3. The number of carbonyl (C=O) groups is 2. The van der Waals surface area contributed by atoms with Gasteiger partial charge in [-0.25, -0.2) is 0 Å². The van der Waals surface area contributed by atoms with E-state index >= 15 is 0 Å². The van der Waals surface area contributed by atoms with Crippen molar-refractivity contribution in [2.75, 3.05) is 60.4 Å². The molecule has 2 aromatic rings. The van der Waals surface area contributed by atoms with Crippen LogP contribution in [0.15, 0.2) is 34.9 Å². The molecule has 1 aromatic carbocycles. The molecule has 11 heteroatoms. The number of ether oxygens (including phenoxy) is 5. The quantitative estimate of drug-likeness (QED) is 0.545. The van der Waals surface area contributed by atoms with Crippen molar-refractivity contribution >= 4 is 23.0 Å². The van der Waals surface area contributed by atoms with Crippen LogP contribution in [0.3, 0.4) is 0 Å². The number of rotatable bonds is 8. The van der Waals surface area contributed by atoms with E-state index in [9.17, 15) is 14.7 Å². The van der Waals surface area contributed by atoms with Crippen molar-refractivity contribution in [3.05, 3.63) is 45.4 Å². The Labute approximate surface area is 206 Å². The number of Topliss-reactive ketones (excluding diaryl/α,β-unsaturated/α-hetero) is 1. The highest BCUT2D eigenvalue weighted by atomic mass is 32.1. The first-order valence-electron chi connectivity index (χ1n) is 11.2. The van der Waals surface area contributed by atoms with Crippen molar-refractivity contribution in [2.45, 2.75) is 6.04 Å². The largest absolute Gasteiger partial charge is 0.503 e. The fourth-order valence-electron chi connectivity index (χ4n) is 4.65. The molecule has 10 nitrogen and oxygen atoms in total. The number of fused-ring (bicyclic) bond motifs is 1. The maximum Gasteiger partial charge on any atom is 0.290 e. The smallest absolute Gasteiger partial charge is 0.290 e. The summed E-state index contributed by atoms with van der Waals surface area (Å²) < 4.78 is 27.9. The molecule has 186 valence electrons. The monoisotopic (exact) mass is 502 g/mol. The average Bonchev–Trinajstić information content (AvgIpc) is 3.63. The van der Waals surface area contributed by atoms with Gasteiger partial charge in [-0.15, -0.1) is 11.3 Å². The van der Waals surface area contributed by atoms with Gasteiger partial charge in [-0.2, -0.15) is 0 Å². The van der Waals surface area contributed by atoms with E-state index in [4.69, 9.17) is 23.7 Å². The number of ketones is 1. The van der Waals surface area contributed by atoms with Crippen LogP contribution in [-0.4, -0.2) is 87.0 Å². The first-order valence-corrected chi connectivity index (χ1v) is 12.1. The zero-order valence-corrected chi connectivity index (χ0v) is 20.3. The number of aliphatic hydroxyl groups excluding tert-OH is 1. The third kappa shape index (κ3) is 4.09. The van der Waals surface area contributed by atoms with Crippen molar-refractivity contribution in [3.8, 4) is 23.0 Å². The summed E-state index contributed by atoms with van der Waals surface area (Å²) in [5, 5.41) is 12.7. The van der Waals surface area contributed by atoms with E-state index in [1.54, 1.807) is 23.6 Å². The summed E-state index contributed by atoms with van der Waals surface area (Å²) in [5.74, 6) is -0.172. The Hall–Kier alpha value is -3.28. The highest BCUT2D eigenvalue weighted by Crippen LogP contribution is 2.54. The van der Waals surface area contributed by atoms with E-state index in [-0.39, 0.29) is 18.9 Å². The van der Waals surface area contributed by atoms with Crippen LogP contribution in [0.25, 0.3) is 0 Å². The molecule has 3 aliphatic heterocycles. The molecule has 0 saturated carbocycles. The van der Waals surface area contributed by atoms with Gasteiger partial charge in [0.1, 0.15) is 0 Å². The highest BCUT2D eigenvalue weighted by molar-refractivity contribution is 7.12. The zero-order chi connectivity index (χ0) is 24.5. The number of hydrogen-bond donors (Lipinski definition) is 1. The van der Waals surface area contributed by atoms with Gasteiger partial charge >= 0.3 is 0 Å². The minimum Gasteiger partial charge on any atom is -0.503 e. The molecule has 0 aliphatic carbocycles. The number of methoxy groups -OCH3 is 2. The van der Waals surface area contributed by atoms with Gasteiger partial charge in [0.15, 0.2) is 17.3 Å². The molecule has 4 heterocycles. The van der Waals surface area contributed by atoms with Gasteiger partial charge in [-0.3, -0.25) is 14.5 Å². The van der Waals surface area contributed by atoms with Crippen LogP contribution in [-0.2, 0) is 9.53 Å². The van der Waals surface area contributed by atoms with Gasteiger partial charge in [-0.1, -0.05) is 6.07 Å². The molecular formula is C24H26N2O8S. The summed E-state index contributed by atoms with van der Waals surface area (Å²) in [6.07, 6.45) is 0. The van der Waals surface area contributed by atoms with Gasteiger partial charge < -0.3 is 33.7 Å². The van der Waals surface area contributed by atoms with E-state index in [1.165, 1.54) is 30.5 Å². The van der Waals surface area contributed by atoms with Crippen LogP contribution in [0.5, 0.6) is 23.0 Å². The number of carbonyl (C=O) groups excluding carboxylic acids is 2. The van der Waals surface area contributed by atoms with E-state index in [2.05, 4.69) is 4.90 Å². The van der Waals surface area contributed by atoms with Gasteiger partial charge in [0.2, 0.25) is 24.1 Å². The van der Waals surface area contributed by atoms with E-state index in [0.29, 0.717) is 53.2 Å². The van der Waals surface area contributed by atoms with Crippen LogP contribution in [0.1, 0.15) is 21.3 Å². The number of morpholine rings is 1. The Morgan fingerprint density at radius 3 is 2.63 bits per heavy atom. The molecule has 1 atom stereocenters. The SMILES string of the molecule is COc1cc(C2C(C(=O)c3cccs3)=C(O)C(=O)N2CCN2CCOCC2)c(OC)c2c1OCO2. The van der Waals surface area contributed by atoms with Gasteiger partial charge in [0, 0.05) is 31.7 Å². The van der Waals surface area contributed by atoms with E-state index < -0.39 is 23.5 Å². The first kappa shape index (κ1) is 23.5. The maximum absolute atomic E-state index is 13.5. The van der Waals surface area contributed by atoms with Crippen molar-refractivity contribution < 1.29 is 38.4 Å². The van der Waals surface area contributed by atoms with Crippen LogP contribution in [0, 0.1) is 0 Å². The predicted molar refractivity (Wildman–Crippen MR) is 126 cm³/mol.